The maximum absolute atomic E-state index is 12.0. The third-order valence-corrected chi connectivity index (χ3v) is 3.95. The molecule has 4 heteroatoms. The molecule has 3 nitrogen and oxygen atoms in total. The first-order valence-electron chi connectivity index (χ1n) is 5.51. The van der Waals surface area contributed by atoms with Gasteiger partial charge in [0.15, 0.2) is 0 Å². The summed E-state index contributed by atoms with van der Waals surface area (Å²) in [5, 5.41) is 1.91. The largest absolute Gasteiger partial charge is 0.338 e. The molecule has 0 bridgehead atoms. The van der Waals surface area contributed by atoms with Gasteiger partial charge in [-0.25, -0.2) is 0 Å². The highest BCUT2D eigenvalue weighted by atomic mass is 32.1. The zero-order valence-electron chi connectivity index (χ0n) is 9.31. The predicted molar refractivity (Wildman–Crippen MR) is 63.6 cm³/mol. The third-order valence-electron chi connectivity index (χ3n) is 3.09. The quantitative estimate of drug-likeness (QED) is 0.790. The molecule has 2 heterocycles. The topological polar surface area (TPSA) is 37.4 Å². The lowest BCUT2D eigenvalue weighted by Gasteiger charge is -2.30. The van der Waals surface area contributed by atoms with Gasteiger partial charge in [0.1, 0.15) is 5.78 Å². The summed E-state index contributed by atoms with van der Waals surface area (Å²) >= 11 is 1.47. The van der Waals surface area contributed by atoms with Crippen LogP contribution in [0.25, 0.3) is 0 Å². The average molecular weight is 237 g/mol. The first-order chi connectivity index (χ1) is 7.68. The molecule has 0 aromatic carbocycles. The summed E-state index contributed by atoms with van der Waals surface area (Å²) in [6.07, 6.45) is 1.62. The standard InChI is InChI=1S/C12H15NO2S/c1-9(14)10-4-6-13(7-5-10)12(15)11-3-2-8-16-11/h2-3,8,10H,4-7H2,1H3. The van der Waals surface area contributed by atoms with Gasteiger partial charge < -0.3 is 4.90 Å². The molecule has 0 spiro atoms. The summed E-state index contributed by atoms with van der Waals surface area (Å²) in [5.74, 6) is 0.521. The normalized spacial score (nSPS) is 17.4. The van der Waals surface area contributed by atoms with Gasteiger partial charge in [0, 0.05) is 19.0 Å². The second kappa shape index (κ2) is 4.78. The summed E-state index contributed by atoms with van der Waals surface area (Å²) < 4.78 is 0. The molecule has 0 unspecified atom stereocenters. The number of nitrogens with zero attached hydrogens (tertiary/aromatic N) is 1. The van der Waals surface area contributed by atoms with Crippen LogP contribution in [0.3, 0.4) is 0 Å². The Hall–Kier alpha value is -1.16. The van der Waals surface area contributed by atoms with Crippen LogP contribution in [-0.2, 0) is 4.79 Å². The maximum Gasteiger partial charge on any atom is 0.263 e. The van der Waals surface area contributed by atoms with Gasteiger partial charge in [-0.3, -0.25) is 9.59 Å². The van der Waals surface area contributed by atoms with Crippen LogP contribution in [0, 0.1) is 5.92 Å². The Morgan fingerprint density at radius 3 is 2.56 bits per heavy atom. The highest BCUT2D eigenvalue weighted by molar-refractivity contribution is 7.12. The first-order valence-corrected chi connectivity index (χ1v) is 6.39. The number of ketones is 1. The molecule has 86 valence electrons. The van der Waals surface area contributed by atoms with E-state index < -0.39 is 0 Å². The van der Waals surface area contributed by atoms with Crippen molar-refractivity contribution in [2.24, 2.45) is 5.92 Å². The van der Waals surface area contributed by atoms with E-state index >= 15 is 0 Å². The van der Waals surface area contributed by atoms with Gasteiger partial charge in [0.05, 0.1) is 4.88 Å². The maximum atomic E-state index is 12.0. The van der Waals surface area contributed by atoms with Crippen molar-refractivity contribution in [3.05, 3.63) is 22.4 Å². The number of amides is 1. The van der Waals surface area contributed by atoms with Crippen LogP contribution in [0.4, 0.5) is 0 Å². The Labute approximate surface area is 99.1 Å². The number of rotatable bonds is 2. The first kappa shape index (κ1) is 11.3. The number of thiophene rings is 1. The van der Waals surface area contributed by atoms with Crippen LogP contribution in [0.2, 0.25) is 0 Å². The average Bonchev–Trinajstić information content (AvgIpc) is 2.81. The van der Waals surface area contributed by atoms with Crippen LogP contribution in [0.5, 0.6) is 0 Å². The van der Waals surface area contributed by atoms with Gasteiger partial charge in [0.2, 0.25) is 0 Å². The Bertz CT molecular complexity index is 378. The number of likely N-dealkylation sites (tertiary alicyclic amines) is 1. The molecule has 0 radical (unpaired) electrons. The van der Waals surface area contributed by atoms with Gasteiger partial charge in [-0.15, -0.1) is 11.3 Å². The van der Waals surface area contributed by atoms with E-state index in [4.69, 9.17) is 0 Å². The molecule has 1 aromatic heterocycles. The Morgan fingerprint density at radius 2 is 2.06 bits per heavy atom. The summed E-state index contributed by atoms with van der Waals surface area (Å²) in [6, 6.07) is 3.74. The van der Waals surface area contributed by atoms with Crippen LogP contribution < -0.4 is 0 Å². The van der Waals surface area contributed by atoms with E-state index in [1.807, 2.05) is 22.4 Å². The van der Waals surface area contributed by atoms with Gasteiger partial charge >= 0.3 is 0 Å². The van der Waals surface area contributed by atoms with Crippen molar-refractivity contribution < 1.29 is 9.59 Å². The monoisotopic (exact) mass is 237 g/mol. The molecule has 1 fully saturated rings. The summed E-state index contributed by atoms with van der Waals surface area (Å²) in [5.41, 5.74) is 0. The molecule has 16 heavy (non-hydrogen) atoms. The summed E-state index contributed by atoms with van der Waals surface area (Å²) in [6.45, 7) is 3.06. The molecule has 2 rings (SSSR count). The minimum absolute atomic E-state index is 0.108. The van der Waals surface area contributed by atoms with Crippen molar-refractivity contribution in [1.82, 2.24) is 4.90 Å². The van der Waals surface area contributed by atoms with Crippen molar-refractivity contribution in [2.75, 3.05) is 13.1 Å². The van der Waals surface area contributed by atoms with E-state index in [0.717, 1.165) is 17.7 Å². The highest BCUT2D eigenvalue weighted by Crippen LogP contribution is 2.21. The van der Waals surface area contributed by atoms with Crippen LogP contribution >= 0.6 is 11.3 Å². The fourth-order valence-electron chi connectivity index (χ4n) is 2.05. The van der Waals surface area contributed by atoms with Crippen molar-refractivity contribution >= 4 is 23.0 Å². The van der Waals surface area contributed by atoms with Crippen LogP contribution in [0.15, 0.2) is 17.5 Å². The fourth-order valence-corrected chi connectivity index (χ4v) is 2.74. The lowest BCUT2D eigenvalue weighted by molar-refractivity contribution is -0.121. The molecule has 1 saturated heterocycles. The zero-order chi connectivity index (χ0) is 11.5. The molecule has 1 amide bonds. The molecular weight excluding hydrogens is 222 g/mol. The SMILES string of the molecule is CC(=O)C1CCN(C(=O)c2cccs2)CC1. The molecule has 0 atom stereocenters. The number of Topliss-reactive ketones (excluding diaryl/α,β-unsaturated/α-hetero) is 1. The van der Waals surface area contributed by atoms with Gasteiger partial charge in [0.25, 0.3) is 5.91 Å². The van der Waals surface area contributed by atoms with E-state index in [2.05, 4.69) is 0 Å². The van der Waals surface area contributed by atoms with Gasteiger partial charge in [-0.05, 0) is 31.2 Å². The van der Waals surface area contributed by atoms with Crippen molar-refractivity contribution in [1.29, 1.82) is 0 Å². The zero-order valence-corrected chi connectivity index (χ0v) is 10.1. The van der Waals surface area contributed by atoms with E-state index in [-0.39, 0.29) is 17.6 Å². The number of hydrogen-bond donors (Lipinski definition) is 0. The number of carbonyl (C=O) groups is 2. The van der Waals surface area contributed by atoms with Crippen LogP contribution in [0.1, 0.15) is 29.4 Å². The second-order valence-corrected chi connectivity index (χ2v) is 5.10. The number of hydrogen-bond acceptors (Lipinski definition) is 3. The molecular formula is C12H15NO2S. The lowest BCUT2D eigenvalue weighted by atomic mass is 9.93. The smallest absolute Gasteiger partial charge is 0.263 e. The highest BCUT2D eigenvalue weighted by Gasteiger charge is 2.25. The fraction of sp³-hybridized carbons (Fsp3) is 0.500. The minimum atomic E-state index is 0.108. The second-order valence-electron chi connectivity index (χ2n) is 4.15. The summed E-state index contributed by atoms with van der Waals surface area (Å²) in [7, 11) is 0. The van der Waals surface area contributed by atoms with Crippen molar-refractivity contribution in [3.63, 3.8) is 0 Å². The number of carbonyl (C=O) groups excluding carboxylic acids is 2. The molecule has 1 aliphatic heterocycles. The molecule has 1 aromatic rings. The Kier molecular flexibility index (Phi) is 3.39. The lowest BCUT2D eigenvalue weighted by Crippen LogP contribution is -2.39. The van der Waals surface area contributed by atoms with E-state index in [1.54, 1.807) is 6.92 Å². The van der Waals surface area contributed by atoms with Crippen molar-refractivity contribution in [3.8, 4) is 0 Å². The Balaban J connectivity index is 1.94. The Morgan fingerprint density at radius 1 is 1.38 bits per heavy atom. The molecule has 1 aliphatic rings. The minimum Gasteiger partial charge on any atom is -0.338 e. The van der Waals surface area contributed by atoms with E-state index in [0.29, 0.717) is 13.1 Å². The molecule has 0 aliphatic carbocycles. The van der Waals surface area contributed by atoms with Gasteiger partial charge in [-0.2, -0.15) is 0 Å². The summed E-state index contributed by atoms with van der Waals surface area (Å²) in [4.78, 5) is 25.8. The van der Waals surface area contributed by atoms with Crippen LogP contribution in [-0.4, -0.2) is 29.7 Å². The third kappa shape index (κ3) is 2.32. The number of piperidine rings is 1. The molecule has 0 N–H and O–H groups in total. The van der Waals surface area contributed by atoms with Crippen molar-refractivity contribution in [2.45, 2.75) is 19.8 Å². The molecule has 0 saturated carbocycles. The van der Waals surface area contributed by atoms with E-state index in [1.165, 1.54) is 11.3 Å². The van der Waals surface area contributed by atoms with E-state index in [9.17, 15) is 9.59 Å². The van der Waals surface area contributed by atoms with Gasteiger partial charge in [-0.1, -0.05) is 6.07 Å². The predicted octanol–water partition coefficient (Wildman–Crippen LogP) is 2.19.